The zero-order valence-electron chi connectivity index (χ0n) is 11.9. The first-order valence-corrected chi connectivity index (χ1v) is 7.30. The molecule has 2 bridgehead atoms. The maximum Gasteiger partial charge on any atom is 0.224 e. The van der Waals surface area contributed by atoms with E-state index >= 15 is 0 Å². The molecular weight excluding hydrogens is 272 g/mol. The molecule has 4 heteroatoms. The summed E-state index contributed by atoms with van der Waals surface area (Å²) in [6.07, 6.45) is 5.24. The first-order valence-electron chi connectivity index (χ1n) is 7.30. The average Bonchev–Trinajstić information content (AvgIpc) is 2.72. The van der Waals surface area contributed by atoms with Crippen LogP contribution in [0, 0.1) is 6.92 Å². The molecule has 1 amide bonds. The van der Waals surface area contributed by atoms with Gasteiger partial charge in [-0.15, -0.1) is 12.4 Å². The lowest BCUT2D eigenvalue weighted by molar-refractivity contribution is -0.121. The van der Waals surface area contributed by atoms with Crippen LogP contribution in [0.3, 0.4) is 0 Å². The van der Waals surface area contributed by atoms with Gasteiger partial charge in [0.15, 0.2) is 0 Å². The highest BCUT2D eigenvalue weighted by Crippen LogP contribution is 2.26. The molecule has 2 aliphatic rings. The Bertz CT molecular complexity index is 465. The molecule has 0 saturated carbocycles. The molecular formula is C16H23ClN2O. The van der Waals surface area contributed by atoms with Crippen LogP contribution in [0.4, 0.5) is 0 Å². The number of nitrogens with one attached hydrogen (secondary N) is 2. The Hall–Kier alpha value is -1.06. The maximum absolute atomic E-state index is 12.1. The Labute approximate surface area is 126 Å². The predicted molar refractivity (Wildman–Crippen MR) is 83.2 cm³/mol. The number of rotatable bonds is 3. The molecule has 110 valence electrons. The number of halogens is 1. The van der Waals surface area contributed by atoms with E-state index in [0.29, 0.717) is 24.5 Å². The Morgan fingerprint density at radius 2 is 1.90 bits per heavy atom. The third kappa shape index (κ3) is 3.53. The molecule has 2 heterocycles. The number of hydrogen-bond donors (Lipinski definition) is 2. The van der Waals surface area contributed by atoms with E-state index in [1.54, 1.807) is 0 Å². The molecule has 2 N–H and O–H groups in total. The number of hydrogen-bond acceptors (Lipinski definition) is 2. The summed E-state index contributed by atoms with van der Waals surface area (Å²) in [6, 6.07) is 9.75. The first-order chi connectivity index (χ1) is 9.20. The van der Waals surface area contributed by atoms with Crippen molar-refractivity contribution in [1.29, 1.82) is 0 Å². The standard InChI is InChI=1S/C16H22N2O.ClH/c1-11-4-2-3-5-12(11)8-16(19)18-15-9-13-6-7-14(10-15)17-13;/h2-5,13-15,17H,6-10H2,1H3,(H,18,19);1H. The van der Waals surface area contributed by atoms with E-state index in [4.69, 9.17) is 0 Å². The van der Waals surface area contributed by atoms with Gasteiger partial charge in [-0.2, -0.15) is 0 Å². The van der Waals surface area contributed by atoms with E-state index in [9.17, 15) is 4.79 Å². The number of fused-ring (bicyclic) bond motifs is 2. The van der Waals surface area contributed by atoms with Gasteiger partial charge in [-0.25, -0.2) is 0 Å². The summed E-state index contributed by atoms with van der Waals surface area (Å²) in [5.41, 5.74) is 2.33. The number of piperidine rings is 1. The second kappa shape index (κ2) is 6.59. The topological polar surface area (TPSA) is 41.1 Å². The van der Waals surface area contributed by atoms with Crippen molar-refractivity contribution in [2.24, 2.45) is 0 Å². The van der Waals surface area contributed by atoms with Gasteiger partial charge in [-0.1, -0.05) is 24.3 Å². The van der Waals surface area contributed by atoms with Crippen molar-refractivity contribution in [3.05, 3.63) is 35.4 Å². The smallest absolute Gasteiger partial charge is 0.224 e. The minimum atomic E-state index is 0. The van der Waals surface area contributed by atoms with Gasteiger partial charge < -0.3 is 10.6 Å². The molecule has 1 aromatic carbocycles. The minimum absolute atomic E-state index is 0. The van der Waals surface area contributed by atoms with Gasteiger partial charge in [0.1, 0.15) is 0 Å². The van der Waals surface area contributed by atoms with E-state index in [1.807, 2.05) is 18.2 Å². The van der Waals surface area contributed by atoms with E-state index < -0.39 is 0 Å². The fourth-order valence-corrected chi connectivity index (χ4v) is 3.44. The van der Waals surface area contributed by atoms with Gasteiger partial charge >= 0.3 is 0 Å². The van der Waals surface area contributed by atoms with Gasteiger partial charge in [0, 0.05) is 18.1 Å². The lowest BCUT2D eigenvalue weighted by atomic mass is 9.99. The van der Waals surface area contributed by atoms with Crippen molar-refractivity contribution in [2.75, 3.05) is 0 Å². The second-order valence-corrected chi connectivity index (χ2v) is 5.98. The molecule has 0 spiro atoms. The van der Waals surface area contributed by atoms with Crippen molar-refractivity contribution in [3.8, 4) is 0 Å². The number of benzene rings is 1. The Morgan fingerprint density at radius 3 is 2.55 bits per heavy atom. The summed E-state index contributed by atoms with van der Waals surface area (Å²) in [6.45, 7) is 2.06. The Kier molecular flexibility index (Phi) is 5.06. The first kappa shape index (κ1) is 15.3. The molecule has 1 aromatic rings. The molecule has 3 rings (SSSR count). The van der Waals surface area contributed by atoms with Crippen molar-refractivity contribution in [3.63, 3.8) is 0 Å². The summed E-state index contributed by atoms with van der Waals surface area (Å²) >= 11 is 0. The second-order valence-electron chi connectivity index (χ2n) is 5.98. The molecule has 20 heavy (non-hydrogen) atoms. The number of carbonyl (C=O) groups excluding carboxylic acids is 1. The van der Waals surface area contributed by atoms with Crippen LogP contribution in [-0.4, -0.2) is 24.0 Å². The number of aryl methyl sites for hydroxylation is 1. The normalized spacial score (nSPS) is 27.8. The molecule has 3 nitrogen and oxygen atoms in total. The fourth-order valence-electron chi connectivity index (χ4n) is 3.44. The molecule has 2 atom stereocenters. The van der Waals surface area contributed by atoms with Crippen LogP contribution in [0.1, 0.15) is 36.8 Å². The highest BCUT2D eigenvalue weighted by Gasteiger charge is 2.33. The Balaban J connectivity index is 0.00000147. The summed E-state index contributed by atoms with van der Waals surface area (Å²) in [7, 11) is 0. The number of carbonyl (C=O) groups is 1. The summed E-state index contributed by atoms with van der Waals surface area (Å²) in [4.78, 5) is 12.1. The third-order valence-electron chi connectivity index (χ3n) is 4.45. The summed E-state index contributed by atoms with van der Waals surface area (Å²) in [5, 5.41) is 6.82. The van der Waals surface area contributed by atoms with Gasteiger partial charge in [0.2, 0.25) is 5.91 Å². The van der Waals surface area contributed by atoms with Crippen LogP contribution in [0.5, 0.6) is 0 Å². The largest absolute Gasteiger partial charge is 0.353 e. The monoisotopic (exact) mass is 294 g/mol. The molecule has 2 unspecified atom stereocenters. The van der Waals surface area contributed by atoms with E-state index in [1.165, 1.54) is 18.4 Å². The van der Waals surface area contributed by atoms with Gasteiger partial charge in [0.05, 0.1) is 6.42 Å². The zero-order chi connectivity index (χ0) is 13.2. The SMILES string of the molecule is Cc1ccccc1CC(=O)NC1CC2CCC(C1)N2.Cl. The predicted octanol–water partition coefficient (Wildman–Crippen LogP) is 2.36. The van der Waals surface area contributed by atoms with Gasteiger partial charge in [0.25, 0.3) is 0 Å². The van der Waals surface area contributed by atoms with Crippen LogP contribution in [0.2, 0.25) is 0 Å². The third-order valence-corrected chi connectivity index (χ3v) is 4.45. The van der Waals surface area contributed by atoms with Gasteiger partial charge in [-0.3, -0.25) is 4.79 Å². The van der Waals surface area contributed by atoms with E-state index in [0.717, 1.165) is 18.4 Å². The summed E-state index contributed by atoms with van der Waals surface area (Å²) < 4.78 is 0. The summed E-state index contributed by atoms with van der Waals surface area (Å²) in [5.74, 6) is 0.167. The molecule has 0 aromatic heterocycles. The van der Waals surface area contributed by atoms with Crippen molar-refractivity contribution < 1.29 is 4.79 Å². The van der Waals surface area contributed by atoms with E-state index in [2.05, 4.69) is 23.6 Å². The van der Waals surface area contributed by atoms with E-state index in [-0.39, 0.29) is 18.3 Å². The highest BCUT2D eigenvalue weighted by molar-refractivity contribution is 5.85. The lowest BCUT2D eigenvalue weighted by Gasteiger charge is -2.29. The highest BCUT2D eigenvalue weighted by atomic mass is 35.5. The molecule has 2 fully saturated rings. The molecule has 2 aliphatic heterocycles. The maximum atomic E-state index is 12.1. The number of amides is 1. The van der Waals surface area contributed by atoms with Crippen LogP contribution in [0.25, 0.3) is 0 Å². The van der Waals surface area contributed by atoms with Crippen LogP contribution in [-0.2, 0) is 11.2 Å². The fraction of sp³-hybridized carbons (Fsp3) is 0.562. The van der Waals surface area contributed by atoms with Crippen LogP contribution < -0.4 is 10.6 Å². The Morgan fingerprint density at radius 1 is 1.25 bits per heavy atom. The van der Waals surface area contributed by atoms with Crippen molar-refractivity contribution in [2.45, 2.75) is 57.2 Å². The molecule has 0 radical (unpaired) electrons. The van der Waals surface area contributed by atoms with Crippen molar-refractivity contribution >= 4 is 18.3 Å². The zero-order valence-corrected chi connectivity index (χ0v) is 12.7. The quantitative estimate of drug-likeness (QED) is 0.898. The van der Waals surface area contributed by atoms with Crippen LogP contribution in [0.15, 0.2) is 24.3 Å². The van der Waals surface area contributed by atoms with Crippen LogP contribution >= 0.6 is 12.4 Å². The molecule has 0 aliphatic carbocycles. The molecule has 2 saturated heterocycles. The van der Waals surface area contributed by atoms with Crippen molar-refractivity contribution in [1.82, 2.24) is 10.6 Å². The average molecular weight is 295 g/mol. The lowest BCUT2D eigenvalue weighted by Crippen LogP contribution is -2.48. The van der Waals surface area contributed by atoms with Gasteiger partial charge in [-0.05, 0) is 43.7 Å². The minimum Gasteiger partial charge on any atom is -0.353 e.